The first-order valence-electron chi connectivity index (χ1n) is 6.31. The standard InChI is InChI=1S/C13H19NO4/c1-2-7-3-8-5-13(6-14,9(8)4-7)10(11(15)16)12(17)18/h4,8-10H,2-3,5-6,14H2,1H3,(H,15,16)(H,17,18)/t8-,9-,13+/m1/s1. The molecule has 100 valence electrons. The van der Waals surface area contributed by atoms with Crippen molar-refractivity contribution in [3.05, 3.63) is 11.6 Å². The Morgan fingerprint density at radius 3 is 2.56 bits per heavy atom. The minimum absolute atomic E-state index is 0.0228. The van der Waals surface area contributed by atoms with Crippen LogP contribution in [0.5, 0.6) is 0 Å². The maximum absolute atomic E-state index is 11.2. The minimum Gasteiger partial charge on any atom is -0.481 e. The van der Waals surface area contributed by atoms with Gasteiger partial charge in [-0.05, 0) is 37.6 Å². The van der Waals surface area contributed by atoms with Crippen molar-refractivity contribution in [2.45, 2.75) is 26.2 Å². The zero-order valence-electron chi connectivity index (χ0n) is 10.4. The fraction of sp³-hybridized carbons (Fsp3) is 0.692. The SMILES string of the molecule is CCC1=C[C@@H]2[C@H](C1)C[C@@]2(CN)C(C(=O)O)C(=O)O. The lowest BCUT2D eigenvalue weighted by molar-refractivity contribution is -0.171. The molecule has 0 spiro atoms. The molecule has 4 N–H and O–H groups in total. The molecule has 0 saturated heterocycles. The monoisotopic (exact) mass is 253 g/mol. The summed E-state index contributed by atoms with van der Waals surface area (Å²) < 4.78 is 0. The molecule has 0 aliphatic heterocycles. The van der Waals surface area contributed by atoms with Gasteiger partial charge in [-0.25, -0.2) is 0 Å². The zero-order chi connectivity index (χ0) is 13.5. The van der Waals surface area contributed by atoms with Gasteiger partial charge in [0.25, 0.3) is 0 Å². The molecular weight excluding hydrogens is 234 g/mol. The van der Waals surface area contributed by atoms with Gasteiger partial charge in [-0.1, -0.05) is 18.6 Å². The maximum atomic E-state index is 11.2. The zero-order valence-corrected chi connectivity index (χ0v) is 10.4. The number of carbonyl (C=O) groups is 2. The molecule has 0 aromatic heterocycles. The summed E-state index contributed by atoms with van der Waals surface area (Å²) in [5, 5.41) is 18.3. The summed E-state index contributed by atoms with van der Waals surface area (Å²) in [4.78, 5) is 22.4. The van der Waals surface area contributed by atoms with E-state index in [1.165, 1.54) is 5.57 Å². The van der Waals surface area contributed by atoms with E-state index in [2.05, 4.69) is 13.0 Å². The van der Waals surface area contributed by atoms with Crippen LogP contribution in [0.1, 0.15) is 26.2 Å². The Hall–Kier alpha value is -1.36. The molecule has 2 aliphatic rings. The molecule has 0 aromatic rings. The van der Waals surface area contributed by atoms with Crippen LogP contribution in [-0.4, -0.2) is 28.7 Å². The molecule has 18 heavy (non-hydrogen) atoms. The molecule has 1 fully saturated rings. The van der Waals surface area contributed by atoms with E-state index < -0.39 is 23.3 Å². The molecule has 2 rings (SSSR count). The summed E-state index contributed by atoms with van der Waals surface area (Å²) in [5.74, 6) is -3.52. The highest BCUT2D eigenvalue weighted by molar-refractivity contribution is 5.94. The summed E-state index contributed by atoms with van der Waals surface area (Å²) in [6, 6.07) is 0. The summed E-state index contributed by atoms with van der Waals surface area (Å²) in [6.45, 7) is 2.18. The van der Waals surface area contributed by atoms with Crippen molar-refractivity contribution >= 4 is 11.9 Å². The number of fused-ring (bicyclic) bond motifs is 1. The molecule has 0 amide bonds. The molecule has 0 radical (unpaired) electrons. The normalized spacial score (nSPS) is 33.8. The predicted molar refractivity (Wildman–Crippen MR) is 64.8 cm³/mol. The number of hydrogen-bond donors (Lipinski definition) is 3. The van der Waals surface area contributed by atoms with Crippen LogP contribution in [0.3, 0.4) is 0 Å². The molecule has 0 aromatic carbocycles. The number of nitrogens with two attached hydrogens (primary N) is 1. The average molecular weight is 253 g/mol. The minimum atomic E-state index is -1.39. The second-order valence-corrected chi connectivity index (χ2v) is 5.42. The Morgan fingerprint density at radius 1 is 1.50 bits per heavy atom. The van der Waals surface area contributed by atoms with Gasteiger partial charge in [-0.3, -0.25) is 9.59 Å². The number of rotatable bonds is 5. The van der Waals surface area contributed by atoms with Crippen LogP contribution >= 0.6 is 0 Å². The fourth-order valence-corrected chi connectivity index (χ4v) is 3.73. The second-order valence-electron chi connectivity index (χ2n) is 5.42. The highest BCUT2D eigenvalue weighted by Gasteiger charge is 2.62. The summed E-state index contributed by atoms with van der Waals surface area (Å²) >= 11 is 0. The quantitative estimate of drug-likeness (QED) is 0.503. The Kier molecular flexibility index (Phi) is 3.19. The van der Waals surface area contributed by atoms with Gasteiger partial charge < -0.3 is 15.9 Å². The molecule has 0 heterocycles. The Bertz CT molecular complexity index is 403. The predicted octanol–water partition coefficient (Wildman–Crippen LogP) is 1.09. The molecule has 5 heteroatoms. The lowest BCUT2D eigenvalue weighted by Crippen LogP contribution is -2.58. The van der Waals surface area contributed by atoms with E-state index in [1.807, 2.05) is 0 Å². The second kappa shape index (κ2) is 4.39. The van der Waals surface area contributed by atoms with Gasteiger partial charge in [0.05, 0.1) is 0 Å². The molecular formula is C13H19NO4. The van der Waals surface area contributed by atoms with Crippen LogP contribution in [0.4, 0.5) is 0 Å². The molecule has 0 bridgehead atoms. The van der Waals surface area contributed by atoms with E-state index >= 15 is 0 Å². The van der Waals surface area contributed by atoms with Gasteiger partial charge in [0.15, 0.2) is 5.92 Å². The number of carboxylic acids is 2. The van der Waals surface area contributed by atoms with Crippen molar-refractivity contribution in [2.24, 2.45) is 28.9 Å². The van der Waals surface area contributed by atoms with E-state index in [-0.39, 0.29) is 12.5 Å². The number of hydrogen-bond acceptors (Lipinski definition) is 3. The van der Waals surface area contributed by atoms with E-state index in [0.29, 0.717) is 12.3 Å². The van der Waals surface area contributed by atoms with E-state index in [1.54, 1.807) is 0 Å². The van der Waals surface area contributed by atoms with E-state index in [4.69, 9.17) is 15.9 Å². The van der Waals surface area contributed by atoms with E-state index in [0.717, 1.165) is 12.8 Å². The van der Waals surface area contributed by atoms with E-state index in [9.17, 15) is 9.59 Å². The van der Waals surface area contributed by atoms with Gasteiger partial charge in [0, 0.05) is 5.41 Å². The maximum Gasteiger partial charge on any atom is 0.318 e. The third kappa shape index (κ3) is 1.65. The van der Waals surface area contributed by atoms with Crippen LogP contribution in [0.2, 0.25) is 0 Å². The largest absolute Gasteiger partial charge is 0.481 e. The first-order valence-corrected chi connectivity index (χ1v) is 6.31. The Morgan fingerprint density at radius 2 is 2.11 bits per heavy atom. The number of aliphatic carboxylic acids is 2. The summed E-state index contributed by atoms with van der Waals surface area (Å²) in [7, 11) is 0. The Labute approximate surface area is 106 Å². The average Bonchev–Trinajstić information content (AvgIpc) is 2.62. The van der Waals surface area contributed by atoms with Crippen molar-refractivity contribution in [1.82, 2.24) is 0 Å². The first-order chi connectivity index (χ1) is 8.46. The number of carboxylic acid groups (broad SMARTS) is 2. The summed E-state index contributed by atoms with van der Waals surface area (Å²) in [5.41, 5.74) is 6.24. The molecule has 5 nitrogen and oxygen atoms in total. The van der Waals surface area contributed by atoms with Crippen molar-refractivity contribution in [2.75, 3.05) is 6.54 Å². The van der Waals surface area contributed by atoms with Gasteiger partial charge in [-0.2, -0.15) is 0 Å². The molecule has 2 aliphatic carbocycles. The van der Waals surface area contributed by atoms with Crippen LogP contribution in [0, 0.1) is 23.2 Å². The van der Waals surface area contributed by atoms with Gasteiger partial charge in [0.1, 0.15) is 0 Å². The van der Waals surface area contributed by atoms with Crippen molar-refractivity contribution in [3.8, 4) is 0 Å². The lowest BCUT2D eigenvalue weighted by Gasteiger charge is -2.53. The van der Waals surface area contributed by atoms with Crippen molar-refractivity contribution < 1.29 is 19.8 Å². The lowest BCUT2D eigenvalue weighted by atomic mass is 9.49. The smallest absolute Gasteiger partial charge is 0.318 e. The van der Waals surface area contributed by atoms with Gasteiger partial charge in [0.2, 0.25) is 0 Å². The third-order valence-corrected chi connectivity index (χ3v) is 4.66. The molecule has 3 atom stereocenters. The van der Waals surface area contributed by atoms with Gasteiger partial charge >= 0.3 is 11.9 Å². The van der Waals surface area contributed by atoms with Crippen molar-refractivity contribution in [1.29, 1.82) is 0 Å². The highest BCUT2D eigenvalue weighted by Crippen LogP contribution is 2.61. The topological polar surface area (TPSA) is 101 Å². The third-order valence-electron chi connectivity index (χ3n) is 4.66. The van der Waals surface area contributed by atoms with Crippen LogP contribution < -0.4 is 5.73 Å². The van der Waals surface area contributed by atoms with Gasteiger partial charge in [-0.15, -0.1) is 0 Å². The highest BCUT2D eigenvalue weighted by atomic mass is 16.4. The summed E-state index contributed by atoms with van der Waals surface area (Å²) in [6.07, 6.45) is 4.59. The first kappa shape index (κ1) is 13.1. The van der Waals surface area contributed by atoms with Crippen LogP contribution in [-0.2, 0) is 9.59 Å². The fourth-order valence-electron chi connectivity index (χ4n) is 3.73. The van der Waals surface area contributed by atoms with Crippen LogP contribution in [0.25, 0.3) is 0 Å². The molecule has 0 unspecified atom stereocenters. The molecule has 1 saturated carbocycles. The Balaban J connectivity index is 2.31. The van der Waals surface area contributed by atoms with Crippen molar-refractivity contribution in [3.63, 3.8) is 0 Å². The van der Waals surface area contributed by atoms with Crippen LogP contribution in [0.15, 0.2) is 11.6 Å². The number of allylic oxidation sites excluding steroid dienone is 2.